The highest BCUT2D eigenvalue weighted by atomic mass is 32.2. The molecule has 26 heavy (non-hydrogen) atoms. The van der Waals surface area contributed by atoms with Gasteiger partial charge >= 0.3 is 0 Å². The Morgan fingerprint density at radius 1 is 1.15 bits per heavy atom. The molecule has 1 aliphatic rings. The van der Waals surface area contributed by atoms with E-state index < -0.39 is 10.0 Å². The van der Waals surface area contributed by atoms with Crippen molar-refractivity contribution in [1.29, 1.82) is 0 Å². The van der Waals surface area contributed by atoms with Gasteiger partial charge in [0.2, 0.25) is 10.0 Å². The van der Waals surface area contributed by atoms with E-state index >= 15 is 0 Å². The molecule has 2 aromatic rings. The molecule has 1 heterocycles. The second-order valence-electron chi connectivity index (χ2n) is 6.19. The van der Waals surface area contributed by atoms with Gasteiger partial charge < -0.3 is 10.1 Å². The van der Waals surface area contributed by atoms with Gasteiger partial charge in [0.25, 0.3) is 0 Å². The SMILES string of the molecule is CCOc1ccc(NCc2cccc(F)c2)cc1S(=O)(=O)N1CCCC1. The summed E-state index contributed by atoms with van der Waals surface area (Å²) < 4.78 is 46.3. The van der Waals surface area contributed by atoms with Gasteiger partial charge in [0.1, 0.15) is 16.5 Å². The predicted octanol–water partition coefficient (Wildman–Crippen LogP) is 3.62. The zero-order valence-electron chi connectivity index (χ0n) is 14.7. The number of sulfonamides is 1. The molecule has 2 aromatic carbocycles. The van der Waals surface area contributed by atoms with Crippen LogP contribution in [-0.4, -0.2) is 32.4 Å². The molecule has 0 spiro atoms. The number of rotatable bonds is 7. The molecule has 0 amide bonds. The first kappa shape index (κ1) is 18.7. The molecule has 1 N–H and O–H groups in total. The Kier molecular flexibility index (Phi) is 5.78. The van der Waals surface area contributed by atoms with Gasteiger partial charge in [-0.2, -0.15) is 4.31 Å². The van der Waals surface area contributed by atoms with Crippen molar-refractivity contribution in [2.24, 2.45) is 0 Å². The summed E-state index contributed by atoms with van der Waals surface area (Å²) in [5.41, 5.74) is 1.43. The second kappa shape index (κ2) is 8.05. The molecular formula is C19H23FN2O3S. The van der Waals surface area contributed by atoms with Crippen LogP contribution < -0.4 is 10.1 Å². The summed E-state index contributed by atoms with van der Waals surface area (Å²) in [4.78, 5) is 0.172. The molecule has 0 aliphatic carbocycles. The zero-order valence-corrected chi connectivity index (χ0v) is 15.6. The fourth-order valence-electron chi connectivity index (χ4n) is 3.01. The predicted molar refractivity (Wildman–Crippen MR) is 99.3 cm³/mol. The van der Waals surface area contributed by atoms with Crippen molar-refractivity contribution in [2.75, 3.05) is 25.0 Å². The Bertz CT molecular complexity index is 865. The maximum absolute atomic E-state index is 13.3. The molecule has 0 bridgehead atoms. The Morgan fingerprint density at radius 2 is 1.92 bits per heavy atom. The van der Waals surface area contributed by atoms with Gasteiger partial charge in [0.15, 0.2) is 0 Å². The number of nitrogens with zero attached hydrogens (tertiary/aromatic N) is 1. The Balaban J connectivity index is 1.86. The van der Waals surface area contributed by atoms with Gasteiger partial charge in [-0.1, -0.05) is 12.1 Å². The third kappa shape index (κ3) is 4.16. The number of halogens is 1. The minimum atomic E-state index is -3.60. The molecule has 0 atom stereocenters. The van der Waals surface area contributed by atoms with Crippen molar-refractivity contribution in [1.82, 2.24) is 4.31 Å². The van der Waals surface area contributed by atoms with Crippen molar-refractivity contribution in [3.05, 3.63) is 53.8 Å². The normalized spacial score (nSPS) is 15.2. The number of hydrogen-bond donors (Lipinski definition) is 1. The summed E-state index contributed by atoms with van der Waals surface area (Å²) in [5.74, 6) is 0.0593. The van der Waals surface area contributed by atoms with Crippen LogP contribution in [0.2, 0.25) is 0 Å². The van der Waals surface area contributed by atoms with E-state index in [-0.39, 0.29) is 10.7 Å². The molecular weight excluding hydrogens is 355 g/mol. The second-order valence-corrected chi connectivity index (χ2v) is 8.10. The smallest absolute Gasteiger partial charge is 0.246 e. The number of hydrogen-bond acceptors (Lipinski definition) is 4. The van der Waals surface area contributed by atoms with Crippen LogP contribution in [-0.2, 0) is 16.6 Å². The van der Waals surface area contributed by atoms with Crippen molar-refractivity contribution in [2.45, 2.75) is 31.2 Å². The number of anilines is 1. The van der Waals surface area contributed by atoms with Gasteiger partial charge in [0, 0.05) is 25.3 Å². The number of ether oxygens (including phenoxy) is 1. The van der Waals surface area contributed by atoms with Crippen LogP contribution in [0.1, 0.15) is 25.3 Å². The van der Waals surface area contributed by atoms with Crippen molar-refractivity contribution in [3.8, 4) is 5.75 Å². The molecule has 1 fully saturated rings. The number of nitrogens with one attached hydrogen (secondary N) is 1. The molecule has 1 aliphatic heterocycles. The van der Waals surface area contributed by atoms with Gasteiger partial charge in [-0.25, -0.2) is 12.8 Å². The minimum absolute atomic E-state index is 0.172. The molecule has 0 radical (unpaired) electrons. The van der Waals surface area contributed by atoms with Crippen molar-refractivity contribution >= 4 is 15.7 Å². The highest BCUT2D eigenvalue weighted by molar-refractivity contribution is 7.89. The van der Waals surface area contributed by atoms with Crippen LogP contribution in [0.3, 0.4) is 0 Å². The monoisotopic (exact) mass is 378 g/mol. The van der Waals surface area contributed by atoms with E-state index in [1.165, 1.54) is 16.4 Å². The Labute approximate surface area is 153 Å². The van der Waals surface area contributed by atoms with E-state index in [1.807, 2.05) is 13.0 Å². The van der Waals surface area contributed by atoms with E-state index in [0.717, 1.165) is 18.4 Å². The van der Waals surface area contributed by atoms with Crippen LogP contribution in [0.25, 0.3) is 0 Å². The first-order valence-corrected chi connectivity index (χ1v) is 10.2. The van der Waals surface area contributed by atoms with Crippen molar-refractivity contribution in [3.63, 3.8) is 0 Å². The minimum Gasteiger partial charge on any atom is -0.492 e. The average Bonchev–Trinajstić information content (AvgIpc) is 3.16. The lowest BCUT2D eigenvalue weighted by molar-refractivity contribution is 0.329. The molecule has 0 aromatic heterocycles. The summed E-state index contributed by atoms with van der Waals surface area (Å²) in [5, 5.41) is 3.16. The van der Waals surface area contributed by atoms with Gasteiger partial charge in [-0.05, 0) is 55.7 Å². The first-order valence-electron chi connectivity index (χ1n) is 8.76. The van der Waals surface area contributed by atoms with E-state index in [0.29, 0.717) is 37.7 Å². The number of benzene rings is 2. The lowest BCUT2D eigenvalue weighted by Crippen LogP contribution is -2.28. The van der Waals surface area contributed by atoms with Gasteiger partial charge in [-0.3, -0.25) is 0 Å². The van der Waals surface area contributed by atoms with Crippen LogP contribution in [0, 0.1) is 5.82 Å². The molecule has 140 valence electrons. The molecule has 3 rings (SSSR count). The maximum atomic E-state index is 13.3. The van der Waals surface area contributed by atoms with Crippen LogP contribution in [0.15, 0.2) is 47.4 Å². The highest BCUT2D eigenvalue weighted by Crippen LogP contribution is 2.31. The molecule has 0 unspecified atom stereocenters. The summed E-state index contributed by atoms with van der Waals surface area (Å²) in [6.45, 7) is 3.68. The lowest BCUT2D eigenvalue weighted by Gasteiger charge is -2.19. The molecule has 0 saturated carbocycles. The van der Waals surface area contributed by atoms with E-state index in [9.17, 15) is 12.8 Å². The Morgan fingerprint density at radius 3 is 2.62 bits per heavy atom. The first-order chi connectivity index (χ1) is 12.5. The third-order valence-corrected chi connectivity index (χ3v) is 6.23. The molecule has 1 saturated heterocycles. The van der Waals surface area contributed by atoms with Crippen molar-refractivity contribution < 1.29 is 17.5 Å². The molecule has 7 heteroatoms. The summed E-state index contributed by atoms with van der Waals surface area (Å²) in [7, 11) is -3.60. The van der Waals surface area contributed by atoms with E-state index in [2.05, 4.69) is 5.32 Å². The Hall–Kier alpha value is -2.12. The summed E-state index contributed by atoms with van der Waals surface area (Å²) in [6, 6.07) is 11.3. The molecule has 5 nitrogen and oxygen atoms in total. The quantitative estimate of drug-likeness (QED) is 0.799. The third-order valence-electron chi connectivity index (χ3n) is 4.31. The van der Waals surface area contributed by atoms with Gasteiger partial charge in [-0.15, -0.1) is 0 Å². The van der Waals surface area contributed by atoms with Crippen LogP contribution in [0.5, 0.6) is 5.75 Å². The van der Waals surface area contributed by atoms with Crippen LogP contribution in [0.4, 0.5) is 10.1 Å². The maximum Gasteiger partial charge on any atom is 0.246 e. The largest absolute Gasteiger partial charge is 0.492 e. The highest BCUT2D eigenvalue weighted by Gasteiger charge is 2.30. The van der Waals surface area contributed by atoms with E-state index in [4.69, 9.17) is 4.74 Å². The summed E-state index contributed by atoms with van der Waals surface area (Å²) >= 11 is 0. The average molecular weight is 378 g/mol. The summed E-state index contributed by atoms with van der Waals surface area (Å²) in [6.07, 6.45) is 1.75. The topological polar surface area (TPSA) is 58.6 Å². The van der Waals surface area contributed by atoms with Crippen LogP contribution >= 0.6 is 0 Å². The van der Waals surface area contributed by atoms with Gasteiger partial charge in [0.05, 0.1) is 6.61 Å². The fraction of sp³-hybridized carbons (Fsp3) is 0.368. The standard InChI is InChI=1S/C19H23FN2O3S/c1-2-25-18-9-8-17(21-14-15-6-5-7-16(20)12-15)13-19(18)26(23,24)22-10-3-4-11-22/h5-9,12-13,21H,2-4,10-11,14H2,1H3. The zero-order chi connectivity index (χ0) is 18.6. The lowest BCUT2D eigenvalue weighted by atomic mass is 10.2. The van der Waals surface area contributed by atoms with E-state index in [1.54, 1.807) is 24.3 Å². The fourth-order valence-corrected chi connectivity index (χ4v) is 4.69.